The minimum Gasteiger partial charge on any atom is -0.481 e. The summed E-state index contributed by atoms with van der Waals surface area (Å²) in [7, 11) is 1.62. The Labute approximate surface area is 151 Å². The van der Waals surface area contributed by atoms with Crippen LogP contribution in [0.1, 0.15) is 51.0 Å². The standard InChI is InChI=1S/C19H32N4O2/c1-3-20-19(23-15-16-10-11-18(24-2)22-14-16)21-12-7-13-25-17-8-5-4-6-9-17/h10-11,14,17H,3-9,12-13,15H2,1-2H3,(H2,20,21,23). The molecule has 1 fully saturated rings. The number of guanidine groups is 1. The predicted molar refractivity (Wildman–Crippen MR) is 101 cm³/mol. The Kier molecular flexibility index (Phi) is 9.12. The molecule has 0 spiro atoms. The summed E-state index contributed by atoms with van der Waals surface area (Å²) in [5, 5.41) is 6.63. The minimum atomic E-state index is 0.484. The molecule has 0 unspecified atom stereocenters. The lowest BCUT2D eigenvalue weighted by Gasteiger charge is -2.22. The van der Waals surface area contributed by atoms with Crippen molar-refractivity contribution in [3.63, 3.8) is 0 Å². The fraction of sp³-hybridized carbons (Fsp3) is 0.684. The lowest BCUT2D eigenvalue weighted by atomic mass is 9.98. The van der Waals surface area contributed by atoms with Crippen molar-refractivity contribution in [2.75, 3.05) is 26.8 Å². The molecule has 140 valence electrons. The summed E-state index contributed by atoms with van der Waals surface area (Å²) in [4.78, 5) is 8.80. The maximum atomic E-state index is 5.96. The fourth-order valence-electron chi connectivity index (χ4n) is 2.90. The van der Waals surface area contributed by atoms with Gasteiger partial charge in [0.05, 0.1) is 19.8 Å². The van der Waals surface area contributed by atoms with Gasteiger partial charge in [0, 0.05) is 32.0 Å². The highest BCUT2D eigenvalue weighted by atomic mass is 16.5. The van der Waals surface area contributed by atoms with Gasteiger partial charge in [0.15, 0.2) is 5.96 Å². The van der Waals surface area contributed by atoms with Crippen LogP contribution in [0.3, 0.4) is 0 Å². The van der Waals surface area contributed by atoms with Gasteiger partial charge in [-0.25, -0.2) is 9.98 Å². The molecule has 0 aliphatic heterocycles. The molecule has 1 aliphatic carbocycles. The van der Waals surface area contributed by atoms with E-state index in [1.807, 2.05) is 12.1 Å². The van der Waals surface area contributed by atoms with E-state index < -0.39 is 0 Å². The Morgan fingerprint density at radius 2 is 2.08 bits per heavy atom. The van der Waals surface area contributed by atoms with E-state index in [2.05, 4.69) is 27.5 Å². The van der Waals surface area contributed by atoms with Crippen LogP contribution in [0.4, 0.5) is 0 Å². The average molecular weight is 348 g/mol. The number of hydrogen-bond acceptors (Lipinski definition) is 4. The zero-order valence-corrected chi connectivity index (χ0v) is 15.6. The zero-order chi connectivity index (χ0) is 17.7. The van der Waals surface area contributed by atoms with E-state index >= 15 is 0 Å². The van der Waals surface area contributed by atoms with Crippen molar-refractivity contribution in [3.05, 3.63) is 23.9 Å². The molecule has 0 amide bonds. The lowest BCUT2D eigenvalue weighted by Crippen LogP contribution is -2.38. The number of rotatable bonds is 9. The van der Waals surface area contributed by atoms with Crippen molar-refractivity contribution in [1.82, 2.24) is 15.6 Å². The van der Waals surface area contributed by atoms with Crippen molar-refractivity contribution in [3.8, 4) is 5.88 Å². The second kappa shape index (κ2) is 11.7. The average Bonchev–Trinajstić information content (AvgIpc) is 2.67. The SMILES string of the molecule is CCNC(=NCc1ccc(OC)nc1)NCCCOC1CCCCC1. The molecule has 1 heterocycles. The highest BCUT2D eigenvalue weighted by Gasteiger charge is 2.12. The first-order valence-electron chi connectivity index (χ1n) is 9.44. The van der Waals surface area contributed by atoms with Crippen molar-refractivity contribution in [1.29, 1.82) is 0 Å². The normalized spacial score (nSPS) is 15.8. The zero-order valence-electron chi connectivity index (χ0n) is 15.6. The van der Waals surface area contributed by atoms with E-state index in [0.717, 1.165) is 37.6 Å². The molecular weight excluding hydrogens is 316 g/mol. The number of ether oxygens (including phenoxy) is 2. The second-order valence-corrected chi connectivity index (χ2v) is 6.32. The van der Waals surface area contributed by atoms with E-state index in [-0.39, 0.29) is 0 Å². The Bertz CT molecular complexity index is 499. The maximum Gasteiger partial charge on any atom is 0.212 e. The summed E-state index contributed by atoms with van der Waals surface area (Å²) >= 11 is 0. The molecule has 0 atom stereocenters. The summed E-state index contributed by atoms with van der Waals surface area (Å²) in [6.07, 6.45) is 9.74. The number of aromatic nitrogens is 1. The lowest BCUT2D eigenvalue weighted by molar-refractivity contribution is 0.0277. The number of pyridine rings is 1. The third-order valence-corrected chi connectivity index (χ3v) is 4.29. The summed E-state index contributed by atoms with van der Waals surface area (Å²) < 4.78 is 11.0. The Hall–Kier alpha value is -1.82. The van der Waals surface area contributed by atoms with Gasteiger partial charge in [0.2, 0.25) is 5.88 Å². The third-order valence-electron chi connectivity index (χ3n) is 4.29. The van der Waals surface area contributed by atoms with E-state index in [9.17, 15) is 0 Å². The number of methoxy groups -OCH3 is 1. The van der Waals surface area contributed by atoms with Crippen LogP contribution in [0, 0.1) is 0 Å². The van der Waals surface area contributed by atoms with Crippen molar-refractivity contribution in [2.45, 2.75) is 58.1 Å². The summed E-state index contributed by atoms with van der Waals surface area (Å²) in [5.41, 5.74) is 1.05. The quantitative estimate of drug-likeness (QED) is 0.408. The molecule has 1 aliphatic rings. The minimum absolute atomic E-state index is 0.484. The first kappa shape index (κ1) is 19.5. The fourth-order valence-corrected chi connectivity index (χ4v) is 2.90. The first-order chi connectivity index (χ1) is 12.3. The van der Waals surface area contributed by atoms with Crippen LogP contribution >= 0.6 is 0 Å². The van der Waals surface area contributed by atoms with Crippen LogP contribution in [-0.2, 0) is 11.3 Å². The van der Waals surface area contributed by atoms with Crippen LogP contribution in [0.25, 0.3) is 0 Å². The molecule has 0 bridgehead atoms. The molecule has 6 heteroatoms. The summed E-state index contributed by atoms with van der Waals surface area (Å²) in [6, 6.07) is 3.84. The molecule has 0 aromatic carbocycles. The summed E-state index contributed by atoms with van der Waals surface area (Å²) in [5.74, 6) is 1.45. The monoisotopic (exact) mass is 348 g/mol. The molecule has 0 saturated heterocycles. The Balaban J connectivity index is 1.67. The number of nitrogens with one attached hydrogen (secondary N) is 2. The molecule has 2 N–H and O–H groups in total. The van der Waals surface area contributed by atoms with Crippen LogP contribution in [0.2, 0.25) is 0 Å². The largest absolute Gasteiger partial charge is 0.481 e. The van der Waals surface area contributed by atoms with E-state index in [1.165, 1.54) is 32.1 Å². The van der Waals surface area contributed by atoms with Crippen molar-refractivity contribution in [2.24, 2.45) is 4.99 Å². The first-order valence-corrected chi connectivity index (χ1v) is 9.44. The van der Waals surface area contributed by atoms with E-state index in [1.54, 1.807) is 13.3 Å². The molecule has 1 aromatic heterocycles. The molecular formula is C19H32N4O2. The molecule has 25 heavy (non-hydrogen) atoms. The third kappa shape index (κ3) is 7.73. The van der Waals surface area contributed by atoms with Gasteiger partial charge in [-0.3, -0.25) is 0 Å². The van der Waals surface area contributed by atoms with Crippen LogP contribution in [0.5, 0.6) is 5.88 Å². The molecule has 2 rings (SSSR count). The number of aliphatic imine (C=N–C) groups is 1. The van der Waals surface area contributed by atoms with Gasteiger partial charge < -0.3 is 20.1 Å². The molecule has 0 radical (unpaired) electrons. The molecule has 6 nitrogen and oxygen atoms in total. The van der Waals surface area contributed by atoms with Crippen molar-refractivity contribution < 1.29 is 9.47 Å². The molecule has 1 aromatic rings. The second-order valence-electron chi connectivity index (χ2n) is 6.32. The molecule has 1 saturated carbocycles. The smallest absolute Gasteiger partial charge is 0.212 e. The maximum absolute atomic E-state index is 5.96. The van der Waals surface area contributed by atoms with Crippen LogP contribution in [-0.4, -0.2) is 43.9 Å². The van der Waals surface area contributed by atoms with Gasteiger partial charge in [0.25, 0.3) is 0 Å². The topological polar surface area (TPSA) is 67.8 Å². The van der Waals surface area contributed by atoms with Gasteiger partial charge in [-0.05, 0) is 31.7 Å². The predicted octanol–water partition coefficient (Wildman–Crippen LogP) is 2.88. The van der Waals surface area contributed by atoms with Crippen LogP contribution < -0.4 is 15.4 Å². The van der Waals surface area contributed by atoms with E-state index in [0.29, 0.717) is 18.5 Å². The van der Waals surface area contributed by atoms with Gasteiger partial charge in [0.1, 0.15) is 0 Å². The Morgan fingerprint density at radius 1 is 1.24 bits per heavy atom. The van der Waals surface area contributed by atoms with E-state index in [4.69, 9.17) is 9.47 Å². The highest BCUT2D eigenvalue weighted by Crippen LogP contribution is 2.20. The Morgan fingerprint density at radius 3 is 2.76 bits per heavy atom. The van der Waals surface area contributed by atoms with Gasteiger partial charge in [-0.1, -0.05) is 25.3 Å². The van der Waals surface area contributed by atoms with Gasteiger partial charge >= 0.3 is 0 Å². The number of nitrogens with zero attached hydrogens (tertiary/aromatic N) is 2. The van der Waals surface area contributed by atoms with Crippen LogP contribution in [0.15, 0.2) is 23.3 Å². The summed E-state index contributed by atoms with van der Waals surface area (Å²) in [6.45, 7) is 5.17. The van der Waals surface area contributed by atoms with Gasteiger partial charge in [-0.15, -0.1) is 0 Å². The van der Waals surface area contributed by atoms with Gasteiger partial charge in [-0.2, -0.15) is 0 Å². The number of hydrogen-bond donors (Lipinski definition) is 2. The highest BCUT2D eigenvalue weighted by molar-refractivity contribution is 5.79. The van der Waals surface area contributed by atoms with Crippen molar-refractivity contribution >= 4 is 5.96 Å².